The smallest absolute Gasteiger partial charge is 0.337 e. The number of hydrogen-bond donors (Lipinski definition) is 3. The van der Waals surface area contributed by atoms with Crippen LogP contribution in [0.4, 0.5) is 0 Å². The van der Waals surface area contributed by atoms with Crippen LogP contribution in [0.5, 0.6) is 17.2 Å². The minimum atomic E-state index is -0.485. The van der Waals surface area contributed by atoms with Crippen molar-refractivity contribution in [3.63, 3.8) is 0 Å². The lowest BCUT2D eigenvalue weighted by atomic mass is 10.2. The first-order chi connectivity index (χ1) is 24.7. The van der Waals surface area contributed by atoms with Gasteiger partial charge in [-0.3, -0.25) is 9.59 Å². The van der Waals surface area contributed by atoms with Crippen molar-refractivity contribution < 1.29 is 62.9 Å². The zero-order valence-electron chi connectivity index (χ0n) is 28.5. The van der Waals surface area contributed by atoms with Crippen molar-refractivity contribution >= 4 is 39.7 Å². The monoisotopic (exact) mass is 756 g/mol. The molecule has 0 amide bonds. The van der Waals surface area contributed by atoms with Crippen LogP contribution in [0.3, 0.4) is 0 Å². The number of carbonyl (C=O) groups excluding carboxylic acids is 3. The van der Waals surface area contributed by atoms with Gasteiger partial charge in [-0.1, -0.05) is 0 Å². The highest BCUT2D eigenvalue weighted by Gasteiger charge is 2.04. The van der Waals surface area contributed by atoms with Crippen molar-refractivity contribution in [1.82, 2.24) is 0 Å². The molecule has 0 spiro atoms. The Labute approximate surface area is 307 Å². The van der Waals surface area contributed by atoms with E-state index in [1.807, 2.05) is 0 Å². The normalized spacial score (nSPS) is 10.2. The highest BCUT2D eigenvalue weighted by molar-refractivity contribution is 6.68. The lowest BCUT2D eigenvalue weighted by Gasteiger charge is -2.08. The first kappa shape index (κ1) is 45.2. The van der Waals surface area contributed by atoms with Crippen LogP contribution in [-0.4, -0.2) is 118 Å². The third kappa shape index (κ3) is 23.3. The van der Waals surface area contributed by atoms with Gasteiger partial charge in [0.2, 0.25) is 0 Å². The minimum absolute atomic E-state index is 0.0417. The first-order valence-electron chi connectivity index (χ1n) is 16.0. The summed E-state index contributed by atoms with van der Waals surface area (Å²) in [6.45, 7) is 4.95. The quantitative estimate of drug-likeness (QED) is 0.0677. The molecule has 0 radical (unpaired) electrons. The predicted molar refractivity (Wildman–Crippen MR) is 190 cm³/mol. The average Bonchev–Trinajstić information content (AvgIpc) is 3.14. The van der Waals surface area contributed by atoms with E-state index < -0.39 is 16.5 Å². The third-order valence-corrected chi connectivity index (χ3v) is 6.51. The van der Waals surface area contributed by atoms with E-state index >= 15 is 0 Å². The third-order valence-electron chi connectivity index (χ3n) is 6.07. The molecule has 3 N–H and O–H groups in total. The molecule has 0 fully saturated rings. The molecule has 282 valence electrons. The Kier molecular flexibility index (Phi) is 26.5. The van der Waals surface area contributed by atoms with Gasteiger partial charge in [-0.25, -0.2) is 4.79 Å². The summed E-state index contributed by atoms with van der Waals surface area (Å²) in [5.41, 5.74) is 1.32. The Morgan fingerprint density at radius 3 is 1.20 bits per heavy atom. The molecule has 13 nitrogen and oxygen atoms in total. The average molecular weight is 758 g/mol. The molecule has 3 aromatic carbocycles. The summed E-state index contributed by atoms with van der Waals surface area (Å²) in [5, 5.41) is 24.4. The van der Waals surface area contributed by atoms with E-state index in [0.29, 0.717) is 94.3 Å². The van der Waals surface area contributed by atoms with E-state index in [-0.39, 0.29) is 19.0 Å². The summed E-state index contributed by atoms with van der Waals surface area (Å²) in [5.74, 6) is 1.11. The SMILES string of the molecule is COC(=O)c1ccc(O)cc1.O=C(Cl)c1ccc(OCCCOCCOCCCOc2ccc(C(=O)Cl)cc2)cc1.OCCOCCOCCO. The molecular weight excluding hydrogens is 711 g/mol. The van der Waals surface area contributed by atoms with E-state index in [2.05, 4.69) is 4.74 Å². The lowest BCUT2D eigenvalue weighted by molar-refractivity contribution is 0.0222. The zero-order valence-corrected chi connectivity index (χ0v) is 30.0. The lowest BCUT2D eigenvalue weighted by Crippen LogP contribution is -2.10. The molecule has 3 rings (SSSR count). The Hall–Kier alpha value is -3.79. The number of carbonyl (C=O) groups is 3. The van der Waals surface area contributed by atoms with Crippen LogP contribution in [0.2, 0.25) is 0 Å². The van der Waals surface area contributed by atoms with Gasteiger partial charge in [0, 0.05) is 37.2 Å². The standard InChI is InChI=1S/C22H24Cl2O6.C8H8O3.C6H14O4/c23-21(25)17-3-7-19(8-4-17)29-13-1-11-27-15-16-28-12-2-14-30-20-9-5-18(6-10-20)22(24)26;1-11-8(10)6-2-4-7(9)5-3-6;7-1-3-9-5-6-10-4-2-8/h3-10H,1-2,11-16H2;2-5,9H,1H3;7-8H,1-6H2. The molecule has 0 bridgehead atoms. The Morgan fingerprint density at radius 1 is 0.510 bits per heavy atom. The van der Waals surface area contributed by atoms with E-state index in [1.54, 1.807) is 48.5 Å². The van der Waals surface area contributed by atoms with Gasteiger partial charge in [0.25, 0.3) is 10.5 Å². The number of aromatic hydroxyl groups is 1. The number of halogens is 2. The summed E-state index contributed by atoms with van der Waals surface area (Å²) in [6, 6.07) is 19.2. The number of phenolic OH excluding ortho intramolecular Hbond substituents is 1. The number of benzene rings is 3. The minimum Gasteiger partial charge on any atom is -0.508 e. The maximum atomic E-state index is 11.0. The molecule has 0 aliphatic carbocycles. The van der Waals surface area contributed by atoms with Gasteiger partial charge in [-0.15, -0.1) is 0 Å². The van der Waals surface area contributed by atoms with Crippen LogP contribution >= 0.6 is 23.2 Å². The Balaban J connectivity index is 0.000000503. The van der Waals surface area contributed by atoms with Gasteiger partial charge >= 0.3 is 5.97 Å². The van der Waals surface area contributed by atoms with E-state index in [1.165, 1.54) is 31.4 Å². The molecule has 0 saturated heterocycles. The Morgan fingerprint density at radius 2 is 0.863 bits per heavy atom. The maximum Gasteiger partial charge on any atom is 0.337 e. The molecular formula is C36H46Cl2O13. The summed E-state index contributed by atoms with van der Waals surface area (Å²) in [7, 11) is 1.31. The van der Waals surface area contributed by atoms with Gasteiger partial charge in [0.05, 0.1) is 78.7 Å². The van der Waals surface area contributed by atoms with Gasteiger partial charge in [-0.2, -0.15) is 0 Å². The number of aliphatic hydroxyl groups is 2. The topological polar surface area (TPSA) is 177 Å². The van der Waals surface area contributed by atoms with E-state index in [4.69, 9.17) is 66.9 Å². The molecule has 0 heterocycles. The summed E-state index contributed by atoms with van der Waals surface area (Å²) < 4.78 is 36.3. The van der Waals surface area contributed by atoms with Crippen molar-refractivity contribution in [2.75, 3.05) is 86.4 Å². The number of aliphatic hydroxyl groups excluding tert-OH is 2. The molecule has 15 heteroatoms. The fourth-order valence-electron chi connectivity index (χ4n) is 3.55. The molecule has 3 aromatic rings. The molecule has 0 aliphatic rings. The fraction of sp³-hybridized carbons (Fsp3) is 0.417. The highest BCUT2D eigenvalue weighted by atomic mass is 35.5. The van der Waals surface area contributed by atoms with Gasteiger partial charge in [0.1, 0.15) is 17.2 Å². The summed E-state index contributed by atoms with van der Waals surface area (Å²) >= 11 is 10.8. The van der Waals surface area contributed by atoms with Crippen molar-refractivity contribution in [2.24, 2.45) is 0 Å². The van der Waals surface area contributed by atoms with Crippen LogP contribution in [0.25, 0.3) is 0 Å². The van der Waals surface area contributed by atoms with Gasteiger partial charge < -0.3 is 48.5 Å². The maximum absolute atomic E-state index is 11.0. The van der Waals surface area contributed by atoms with Crippen LogP contribution < -0.4 is 9.47 Å². The van der Waals surface area contributed by atoms with Crippen molar-refractivity contribution in [3.05, 3.63) is 89.5 Å². The van der Waals surface area contributed by atoms with Crippen molar-refractivity contribution in [2.45, 2.75) is 12.8 Å². The van der Waals surface area contributed by atoms with Gasteiger partial charge in [0.15, 0.2) is 0 Å². The van der Waals surface area contributed by atoms with Crippen molar-refractivity contribution in [3.8, 4) is 17.2 Å². The molecule has 0 atom stereocenters. The second-order valence-electron chi connectivity index (χ2n) is 9.94. The molecule has 0 aromatic heterocycles. The second kappa shape index (κ2) is 29.9. The summed E-state index contributed by atoms with van der Waals surface area (Å²) in [6.07, 6.45) is 1.50. The van der Waals surface area contributed by atoms with Crippen LogP contribution in [-0.2, 0) is 23.7 Å². The van der Waals surface area contributed by atoms with Crippen LogP contribution in [0, 0.1) is 0 Å². The molecule has 0 aliphatic heterocycles. The number of phenols is 1. The second-order valence-corrected chi connectivity index (χ2v) is 10.6. The van der Waals surface area contributed by atoms with E-state index in [0.717, 1.165) is 12.8 Å². The number of rotatable bonds is 23. The first-order valence-corrected chi connectivity index (χ1v) is 16.7. The number of hydrogen-bond acceptors (Lipinski definition) is 13. The highest BCUT2D eigenvalue weighted by Crippen LogP contribution is 2.15. The van der Waals surface area contributed by atoms with Gasteiger partial charge in [-0.05, 0) is 96.0 Å². The fourth-order valence-corrected chi connectivity index (χ4v) is 3.81. The van der Waals surface area contributed by atoms with Crippen LogP contribution in [0.1, 0.15) is 43.9 Å². The Bertz CT molecular complexity index is 1260. The largest absolute Gasteiger partial charge is 0.508 e. The van der Waals surface area contributed by atoms with Crippen LogP contribution in [0.15, 0.2) is 72.8 Å². The van der Waals surface area contributed by atoms with E-state index in [9.17, 15) is 14.4 Å². The number of esters is 1. The number of ether oxygens (including phenoxy) is 7. The zero-order chi connectivity index (χ0) is 37.5. The summed E-state index contributed by atoms with van der Waals surface area (Å²) in [4.78, 5) is 32.8. The predicted octanol–water partition coefficient (Wildman–Crippen LogP) is 4.90. The molecule has 51 heavy (non-hydrogen) atoms. The number of methoxy groups -OCH3 is 1. The molecule has 0 saturated carbocycles. The molecule has 0 unspecified atom stereocenters. The van der Waals surface area contributed by atoms with Crippen molar-refractivity contribution in [1.29, 1.82) is 0 Å².